The SMILES string of the molecule is CC(C)=CC(B(CCCCCCC1=CC2CCC1C2)C(C=C(C)C)C(C)C)C(C)C. The van der Waals surface area contributed by atoms with E-state index in [9.17, 15) is 0 Å². The lowest BCUT2D eigenvalue weighted by atomic mass is 9.28. The third-order valence-electron chi connectivity index (χ3n) is 7.78. The highest BCUT2D eigenvalue weighted by molar-refractivity contribution is 6.63. The molecule has 0 saturated heterocycles. The van der Waals surface area contributed by atoms with E-state index in [0.717, 1.165) is 18.5 Å². The van der Waals surface area contributed by atoms with Gasteiger partial charge in [-0.15, -0.1) is 0 Å². The molecule has 0 nitrogen and oxygen atoms in total. The Kier molecular flexibility index (Phi) is 10.5. The molecule has 0 aliphatic heterocycles. The molecular weight excluding hydrogens is 359 g/mol. The fourth-order valence-electron chi connectivity index (χ4n) is 6.33. The highest BCUT2D eigenvalue weighted by atomic mass is 14.4. The van der Waals surface area contributed by atoms with Crippen LogP contribution in [0.25, 0.3) is 0 Å². The molecule has 170 valence electrons. The predicted molar refractivity (Wildman–Crippen MR) is 139 cm³/mol. The number of allylic oxidation sites excluding steroid dienone is 6. The summed E-state index contributed by atoms with van der Waals surface area (Å²) in [4.78, 5) is 0. The van der Waals surface area contributed by atoms with E-state index in [0.29, 0.717) is 23.5 Å². The maximum Gasteiger partial charge on any atom is 0.155 e. The zero-order valence-corrected chi connectivity index (χ0v) is 21.6. The highest BCUT2D eigenvalue weighted by Crippen LogP contribution is 2.45. The minimum absolute atomic E-state index is 0.692. The summed E-state index contributed by atoms with van der Waals surface area (Å²) in [5.41, 5.74) is 4.80. The number of hydrogen-bond acceptors (Lipinski definition) is 0. The van der Waals surface area contributed by atoms with Gasteiger partial charge in [-0.05, 0) is 95.1 Å². The lowest BCUT2D eigenvalue weighted by molar-refractivity contribution is 0.578. The average molecular weight is 411 g/mol. The average Bonchev–Trinajstić information content (AvgIpc) is 3.27. The summed E-state index contributed by atoms with van der Waals surface area (Å²) in [5, 5.41) is 0. The van der Waals surface area contributed by atoms with E-state index in [1.54, 1.807) is 0 Å². The molecule has 0 spiro atoms. The molecule has 1 fully saturated rings. The first kappa shape index (κ1) is 25.5. The molecule has 2 aliphatic rings. The van der Waals surface area contributed by atoms with Gasteiger partial charge < -0.3 is 0 Å². The van der Waals surface area contributed by atoms with Crippen LogP contribution in [0.1, 0.15) is 107 Å². The summed E-state index contributed by atoms with van der Waals surface area (Å²) in [5.74, 6) is 4.74. The van der Waals surface area contributed by atoms with Crippen LogP contribution >= 0.6 is 0 Å². The Hall–Kier alpha value is -0.715. The highest BCUT2D eigenvalue weighted by Gasteiger charge is 2.34. The standard InChI is InChI=1S/C29H51B/c1-21(2)17-28(23(5)6)30(29(24(7)8)18-22(3)4)16-12-10-9-11-13-26-19-25-14-15-27(26)20-25/h17-19,23-25,27-29H,9-16,20H2,1-8H3. The van der Waals surface area contributed by atoms with E-state index in [-0.39, 0.29) is 0 Å². The number of hydrogen-bond donors (Lipinski definition) is 0. The summed E-state index contributed by atoms with van der Waals surface area (Å²) in [6.07, 6.45) is 20.7. The lowest BCUT2D eigenvalue weighted by Gasteiger charge is -2.34. The Labute approximate surface area is 190 Å². The van der Waals surface area contributed by atoms with Crippen molar-refractivity contribution in [1.29, 1.82) is 0 Å². The molecule has 2 aliphatic carbocycles. The van der Waals surface area contributed by atoms with Crippen LogP contribution in [-0.2, 0) is 0 Å². The van der Waals surface area contributed by atoms with Crippen LogP contribution in [0.15, 0.2) is 34.9 Å². The van der Waals surface area contributed by atoms with Crippen molar-refractivity contribution < 1.29 is 0 Å². The Morgan fingerprint density at radius 2 is 1.43 bits per heavy atom. The molecule has 0 amide bonds. The molecule has 2 rings (SSSR count). The summed E-state index contributed by atoms with van der Waals surface area (Å²) < 4.78 is 0. The molecule has 4 unspecified atom stereocenters. The van der Waals surface area contributed by atoms with E-state index in [1.807, 2.05) is 5.57 Å². The number of unbranched alkanes of at least 4 members (excludes halogenated alkanes) is 3. The third-order valence-corrected chi connectivity index (χ3v) is 7.78. The fraction of sp³-hybridized carbons (Fsp3) is 0.793. The number of rotatable bonds is 13. The Balaban J connectivity index is 1.92. The second kappa shape index (κ2) is 12.4. The predicted octanol–water partition coefficient (Wildman–Crippen LogP) is 9.77. The van der Waals surface area contributed by atoms with Gasteiger partial charge >= 0.3 is 0 Å². The van der Waals surface area contributed by atoms with Gasteiger partial charge in [0.1, 0.15) is 0 Å². The third kappa shape index (κ3) is 7.76. The maximum absolute atomic E-state index is 2.64. The van der Waals surface area contributed by atoms with Gasteiger partial charge in [0.05, 0.1) is 0 Å². The van der Waals surface area contributed by atoms with E-state index in [4.69, 9.17) is 0 Å². The first-order valence-corrected chi connectivity index (χ1v) is 13.2. The summed E-state index contributed by atoms with van der Waals surface area (Å²) in [6.45, 7) is 19.6. The Morgan fingerprint density at radius 3 is 1.87 bits per heavy atom. The zero-order chi connectivity index (χ0) is 22.3. The first-order valence-electron chi connectivity index (χ1n) is 13.2. The topological polar surface area (TPSA) is 0 Å². The van der Waals surface area contributed by atoms with E-state index >= 15 is 0 Å². The molecule has 0 heterocycles. The van der Waals surface area contributed by atoms with Crippen LogP contribution in [0.4, 0.5) is 0 Å². The molecule has 1 saturated carbocycles. The molecular formula is C29H51B. The minimum atomic E-state index is 0.692. The molecule has 4 atom stereocenters. The van der Waals surface area contributed by atoms with E-state index in [1.165, 1.54) is 68.8 Å². The van der Waals surface area contributed by atoms with E-state index in [2.05, 4.69) is 73.6 Å². The molecule has 0 aromatic carbocycles. The van der Waals surface area contributed by atoms with Crippen LogP contribution < -0.4 is 0 Å². The summed E-state index contributed by atoms with van der Waals surface area (Å²) in [7, 11) is 0. The van der Waals surface area contributed by atoms with Crippen LogP contribution in [0.3, 0.4) is 0 Å². The first-order chi connectivity index (χ1) is 14.2. The monoisotopic (exact) mass is 410 g/mol. The molecule has 0 aromatic rings. The van der Waals surface area contributed by atoms with Gasteiger partial charge in [-0.3, -0.25) is 0 Å². The molecule has 2 bridgehead atoms. The minimum Gasteiger partial charge on any atom is -0.0897 e. The number of fused-ring (bicyclic) bond motifs is 2. The zero-order valence-electron chi connectivity index (χ0n) is 21.6. The smallest absolute Gasteiger partial charge is 0.0897 e. The van der Waals surface area contributed by atoms with E-state index < -0.39 is 0 Å². The fourth-order valence-corrected chi connectivity index (χ4v) is 6.33. The van der Waals surface area contributed by atoms with Crippen molar-refractivity contribution in [2.45, 2.75) is 125 Å². The van der Waals surface area contributed by atoms with Crippen molar-refractivity contribution in [2.24, 2.45) is 23.7 Å². The van der Waals surface area contributed by atoms with Crippen molar-refractivity contribution in [3.05, 3.63) is 34.9 Å². The van der Waals surface area contributed by atoms with Crippen molar-refractivity contribution in [2.75, 3.05) is 0 Å². The van der Waals surface area contributed by atoms with Gasteiger partial charge in [0.2, 0.25) is 0 Å². The molecule has 0 radical (unpaired) electrons. The van der Waals surface area contributed by atoms with Crippen molar-refractivity contribution >= 4 is 6.71 Å². The maximum atomic E-state index is 2.64. The molecule has 1 heteroatoms. The van der Waals surface area contributed by atoms with Crippen molar-refractivity contribution in [1.82, 2.24) is 0 Å². The van der Waals surface area contributed by atoms with Gasteiger partial charge in [0.25, 0.3) is 0 Å². The second-order valence-electron chi connectivity index (χ2n) is 11.8. The van der Waals surface area contributed by atoms with Gasteiger partial charge in [0, 0.05) is 0 Å². The Morgan fingerprint density at radius 1 is 0.867 bits per heavy atom. The summed E-state index contributed by atoms with van der Waals surface area (Å²) in [6, 6.07) is 0. The van der Waals surface area contributed by atoms with Gasteiger partial charge in [-0.1, -0.05) is 88.2 Å². The largest absolute Gasteiger partial charge is 0.155 e. The van der Waals surface area contributed by atoms with Crippen LogP contribution in [-0.4, -0.2) is 6.71 Å². The normalized spacial score (nSPS) is 22.3. The molecule has 0 aromatic heterocycles. The van der Waals surface area contributed by atoms with Gasteiger partial charge in [0.15, 0.2) is 6.71 Å². The Bertz CT molecular complexity index is 568. The van der Waals surface area contributed by atoms with Crippen LogP contribution in [0, 0.1) is 23.7 Å². The lowest BCUT2D eigenvalue weighted by Crippen LogP contribution is -2.31. The quantitative estimate of drug-likeness (QED) is 0.161. The van der Waals surface area contributed by atoms with Gasteiger partial charge in [-0.2, -0.15) is 0 Å². The second-order valence-corrected chi connectivity index (χ2v) is 11.8. The van der Waals surface area contributed by atoms with Crippen molar-refractivity contribution in [3.8, 4) is 0 Å². The summed E-state index contributed by atoms with van der Waals surface area (Å²) >= 11 is 0. The van der Waals surface area contributed by atoms with Crippen LogP contribution in [0.2, 0.25) is 18.0 Å². The molecule has 0 N–H and O–H groups in total. The van der Waals surface area contributed by atoms with Crippen LogP contribution in [0.5, 0.6) is 0 Å². The van der Waals surface area contributed by atoms with Crippen molar-refractivity contribution in [3.63, 3.8) is 0 Å². The van der Waals surface area contributed by atoms with Gasteiger partial charge in [-0.25, -0.2) is 0 Å². The molecule has 30 heavy (non-hydrogen) atoms.